The van der Waals surface area contributed by atoms with E-state index in [1.807, 2.05) is 6.92 Å². The summed E-state index contributed by atoms with van der Waals surface area (Å²) in [6, 6.07) is 3.15. The molecule has 0 aliphatic carbocycles. The number of pyridine rings is 1. The molecule has 0 aromatic carbocycles. The fraction of sp³-hybridized carbons (Fsp3) is 0.286. The van der Waals surface area contributed by atoms with Gasteiger partial charge < -0.3 is 0 Å². The average Bonchev–Trinajstić information content (AvgIpc) is 2.03. The summed E-state index contributed by atoms with van der Waals surface area (Å²) in [7, 11) is -3.55. The van der Waals surface area contributed by atoms with Crippen LogP contribution in [0, 0.1) is 6.92 Å². The van der Waals surface area contributed by atoms with Crippen molar-refractivity contribution in [1.82, 2.24) is 4.98 Å². The standard InChI is InChI=1S/C7H6Br3NO2S/c1-5-2-3-6(11-4-5)14(12,13)7(8,9)10/h2-4H,1H3. The first-order chi connectivity index (χ1) is 6.25. The van der Waals surface area contributed by atoms with Crippen LogP contribution in [0.3, 0.4) is 0 Å². The van der Waals surface area contributed by atoms with Gasteiger partial charge in [-0.15, -0.1) is 0 Å². The van der Waals surface area contributed by atoms with Crippen molar-refractivity contribution < 1.29 is 8.42 Å². The summed E-state index contributed by atoms with van der Waals surface area (Å²) >= 11 is 8.88. The SMILES string of the molecule is Cc1ccc(S(=O)(=O)C(Br)(Br)Br)nc1. The molecule has 0 saturated carbocycles. The van der Waals surface area contributed by atoms with Crippen molar-refractivity contribution in [1.29, 1.82) is 0 Å². The van der Waals surface area contributed by atoms with Gasteiger partial charge in [0.15, 0.2) is 5.03 Å². The van der Waals surface area contributed by atoms with E-state index in [2.05, 4.69) is 52.8 Å². The fourth-order valence-electron chi connectivity index (χ4n) is 0.732. The molecule has 0 unspecified atom stereocenters. The summed E-state index contributed by atoms with van der Waals surface area (Å²) in [5, 5.41) is 0.00808. The number of nitrogens with zero attached hydrogens (tertiary/aromatic N) is 1. The van der Waals surface area contributed by atoms with Gasteiger partial charge >= 0.3 is 0 Å². The molecular weight excluding hydrogens is 402 g/mol. The summed E-state index contributed by atoms with van der Waals surface area (Å²) in [6.45, 7) is 1.84. The van der Waals surface area contributed by atoms with Gasteiger partial charge in [-0.2, -0.15) is 0 Å². The van der Waals surface area contributed by atoms with Crippen LogP contribution in [0.5, 0.6) is 0 Å². The molecule has 1 aromatic rings. The molecule has 3 nitrogen and oxygen atoms in total. The summed E-state index contributed by atoms with van der Waals surface area (Å²) in [5.74, 6) is 0. The highest BCUT2D eigenvalue weighted by Gasteiger charge is 2.38. The first kappa shape index (κ1) is 12.6. The Morgan fingerprint density at radius 2 is 1.86 bits per heavy atom. The third kappa shape index (κ3) is 2.56. The number of alkyl halides is 3. The van der Waals surface area contributed by atoms with Crippen molar-refractivity contribution >= 4 is 57.6 Å². The molecule has 0 saturated heterocycles. The number of rotatable bonds is 1. The quantitative estimate of drug-likeness (QED) is 0.672. The second-order valence-corrected chi connectivity index (χ2v) is 13.0. The van der Waals surface area contributed by atoms with E-state index >= 15 is 0 Å². The molecule has 1 aromatic heterocycles. The van der Waals surface area contributed by atoms with Crippen molar-refractivity contribution in [2.45, 2.75) is 13.4 Å². The van der Waals surface area contributed by atoms with E-state index in [1.165, 1.54) is 12.3 Å². The molecule has 14 heavy (non-hydrogen) atoms. The van der Waals surface area contributed by atoms with Crippen molar-refractivity contribution in [2.75, 3.05) is 0 Å². The Hall–Kier alpha value is 0.540. The van der Waals surface area contributed by atoms with Crippen LogP contribution in [-0.4, -0.2) is 14.9 Å². The van der Waals surface area contributed by atoms with Crippen molar-refractivity contribution in [2.24, 2.45) is 0 Å². The first-order valence-corrected chi connectivity index (χ1v) is 7.35. The third-order valence-electron chi connectivity index (χ3n) is 1.46. The van der Waals surface area contributed by atoms with Gasteiger partial charge in [0.05, 0.1) is 0 Å². The Labute approximate surface area is 108 Å². The molecule has 0 amide bonds. The maximum Gasteiger partial charge on any atom is 0.240 e. The molecule has 0 atom stereocenters. The lowest BCUT2D eigenvalue weighted by atomic mass is 10.3. The largest absolute Gasteiger partial charge is 0.244 e. The zero-order valence-electron chi connectivity index (χ0n) is 7.04. The Kier molecular flexibility index (Phi) is 3.77. The number of aromatic nitrogens is 1. The van der Waals surface area contributed by atoms with Gasteiger partial charge in [0.2, 0.25) is 11.3 Å². The minimum absolute atomic E-state index is 0.00808. The molecule has 7 heteroatoms. The maximum absolute atomic E-state index is 11.8. The summed E-state index contributed by atoms with van der Waals surface area (Å²) < 4.78 is 22.2. The molecule has 0 fully saturated rings. The van der Waals surface area contributed by atoms with Gasteiger partial charge in [0, 0.05) is 6.20 Å². The highest BCUT2D eigenvalue weighted by molar-refractivity contribution is 9.42. The van der Waals surface area contributed by atoms with E-state index in [1.54, 1.807) is 6.07 Å². The van der Waals surface area contributed by atoms with Gasteiger partial charge in [-0.25, -0.2) is 13.4 Å². The van der Waals surface area contributed by atoms with Crippen LogP contribution >= 0.6 is 47.8 Å². The number of aryl methyl sites for hydroxylation is 1. The summed E-state index contributed by atoms with van der Waals surface area (Å²) in [4.78, 5) is 3.84. The van der Waals surface area contributed by atoms with Crippen LogP contribution in [0.4, 0.5) is 0 Å². The molecule has 1 heterocycles. The Morgan fingerprint density at radius 1 is 1.29 bits per heavy atom. The maximum atomic E-state index is 11.8. The van der Waals surface area contributed by atoms with E-state index < -0.39 is 11.3 Å². The van der Waals surface area contributed by atoms with Gasteiger partial charge in [-0.3, -0.25) is 0 Å². The number of hydrogen-bond acceptors (Lipinski definition) is 3. The van der Waals surface area contributed by atoms with E-state index in [0.717, 1.165) is 5.56 Å². The lowest BCUT2D eigenvalue weighted by Crippen LogP contribution is -2.18. The molecule has 0 aliphatic heterocycles. The van der Waals surface area contributed by atoms with E-state index in [9.17, 15) is 8.42 Å². The molecular formula is C7H6Br3NO2S. The number of halogens is 3. The van der Waals surface area contributed by atoms with Gasteiger partial charge in [0.25, 0.3) is 0 Å². The normalized spacial score (nSPS) is 12.9. The smallest absolute Gasteiger partial charge is 0.240 e. The van der Waals surface area contributed by atoms with Crippen LogP contribution in [0.2, 0.25) is 0 Å². The lowest BCUT2D eigenvalue weighted by molar-refractivity contribution is 0.595. The average molecular weight is 408 g/mol. The van der Waals surface area contributed by atoms with Gasteiger partial charge in [-0.05, 0) is 66.3 Å². The molecule has 0 spiro atoms. The molecule has 1 rings (SSSR count). The molecule has 0 N–H and O–H groups in total. The van der Waals surface area contributed by atoms with E-state index in [4.69, 9.17) is 0 Å². The summed E-state index contributed by atoms with van der Waals surface area (Å²) in [6.07, 6.45) is 1.51. The summed E-state index contributed by atoms with van der Waals surface area (Å²) in [5.41, 5.74) is 0.910. The monoisotopic (exact) mass is 405 g/mol. The zero-order chi connectivity index (χ0) is 11.0. The van der Waals surface area contributed by atoms with Crippen molar-refractivity contribution in [3.63, 3.8) is 0 Å². The Balaban J connectivity index is 3.25. The first-order valence-electron chi connectivity index (χ1n) is 3.49. The molecule has 78 valence electrons. The predicted octanol–water partition coefficient (Wildman–Crippen LogP) is 2.96. The molecule has 0 radical (unpaired) electrons. The number of hydrogen-bond donors (Lipinski definition) is 0. The minimum atomic E-state index is -3.55. The predicted molar refractivity (Wildman–Crippen MR) is 65.7 cm³/mol. The van der Waals surface area contributed by atoms with Crippen LogP contribution < -0.4 is 0 Å². The van der Waals surface area contributed by atoms with E-state index in [0.29, 0.717) is 0 Å². The highest BCUT2D eigenvalue weighted by atomic mass is 80.0. The topological polar surface area (TPSA) is 47.0 Å². The van der Waals surface area contributed by atoms with Crippen LogP contribution in [0.1, 0.15) is 5.56 Å². The van der Waals surface area contributed by atoms with Crippen LogP contribution in [-0.2, 0) is 9.84 Å². The Morgan fingerprint density at radius 3 is 2.21 bits per heavy atom. The molecule has 0 aliphatic rings. The van der Waals surface area contributed by atoms with Gasteiger partial charge in [-0.1, -0.05) is 6.07 Å². The van der Waals surface area contributed by atoms with Gasteiger partial charge in [0.1, 0.15) is 0 Å². The minimum Gasteiger partial charge on any atom is -0.244 e. The molecule has 0 bridgehead atoms. The fourth-order valence-corrected chi connectivity index (χ4v) is 2.90. The third-order valence-corrected chi connectivity index (χ3v) is 6.70. The lowest BCUT2D eigenvalue weighted by Gasteiger charge is -2.12. The van der Waals surface area contributed by atoms with Crippen molar-refractivity contribution in [3.8, 4) is 0 Å². The van der Waals surface area contributed by atoms with Crippen LogP contribution in [0.25, 0.3) is 0 Å². The van der Waals surface area contributed by atoms with E-state index in [-0.39, 0.29) is 5.03 Å². The second-order valence-electron chi connectivity index (χ2n) is 2.62. The Bertz CT molecular complexity index is 421. The van der Waals surface area contributed by atoms with Crippen molar-refractivity contribution in [3.05, 3.63) is 23.9 Å². The number of sulfone groups is 1. The highest BCUT2D eigenvalue weighted by Crippen LogP contribution is 2.42. The second kappa shape index (κ2) is 4.19. The zero-order valence-corrected chi connectivity index (χ0v) is 12.6. The van der Waals surface area contributed by atoms with Crippen LogP contribution in [0.15, 0.2) is 23.4 Å².